The summed E-state index contributed by atoms with van der Waals surface area (Å²) in [7, 11) is 0. The van der Waals surface area contributed by atoms with E-state index in [4.69, 9.17) is 28.4 Å². The summed E-state index contributed by atoms with van der Waals surface area (Å²) in [4.78, 5) is 13.4. The van der Waals surface area contributed by atoms with Gasteiger partial charge in [0.25, 0.3) is 0 Å². The molecule has 0 aliphatic carbocycles. The van der Waals surface area contributed by atoms with Crippen LogP contribution in [-0.4, -0.2) is 193 Å². The molecule has 3 aliphatic heterocycles. The minimum absolute atomic E-state index is 0.240. The first-order chi connectivity index (χ1) is 42.8. The summed E-state index contributed by atoms with van der Waals surface area (Å²) >= 11 is 0. The van der Waals surface area contributed by atoms with Crippen LogP contribution in [0.5, 0.6) is 0 Å². The van der Waals surface area contributed by atoms with Crippen LogP contribution in [0.4, 0.5) is 0 Å². The van der Waals surface area contributed by atoms with E-state index >= 15 is 0 Å². The molecule has 3 fully saturated rings. The molecule has 0 aromatic heterocycles. The highest BCUT2D eigenvalue weighted by molar-refractivity contribution is 5.76. The molecule has 0 spiro atoms. The summed E-state index contributed by atoms with van der Waals surface area (Å²) in [5.74, 6) is -0.240. The second kappa shape index (κ2) is 51.9. The molecule has 17 atom stereocenters. The van der Waals surface area contributed by atoms with Gasteiger partial charge in [-0.15, -0.1) is 0 Å². The Labute approximate surface area is 531 Å². The minimum Gasteiger partial charge on any atom is -0.394 e. The van der Waals surface area contributed by atoms with Crippen molar-refractivity contribution in [1.82, 2.24) is 5.32 Å². The third kappa shape index (κ3) is 33.6. The second-order valence-corrected chi connectivity index (χ2v) is 26.1. The molecule has 0 saturated carbocycles. The van der Waals surface area contributed by atoms with Gasteiger partial charge in [-0.3, -0.25) is 4.79 Å². The molecule has 88 heavy (non-hydrogen) atoms. The Morgan fingerprint density at radius 1 is 0.398 bits per heavy atom. The zero-order valence-corrected chi connectivity index (χ0v) is 55.0. The van der Waals surface area contributed by atoms with Gasteiger partial charge in [0.1, 0.15) is 73.2 Å². The number of unbranched alkanes of at least 4 members (excludes halogenated alkanes) is 38. The Kier molecular flexibility index (Phi) is 47.6. The van der Waals surface area contributed by atoms with Crippen molar-refractivity contribution in [1.29, 1.82) is 0 Å². The lowest BCUT2D eigenvalue weighted by molar-refractivity contribution is -0.379. The average Bonchev–Trinajstić information content (AvgIpc) is 3.72. The van der Waals surface area contributed by atoms with E-state index in [0.717, 1.165) is 51.4 Å². The predicted molar refractivity (Wildman–Crippen MR) is 342 cm³/mol. The van der Waals surface area contributed by atoms with Crippen molar-refractivity contribution in [2.75, 3.05) is 26.4 Å². The van der Waals surface area contributed by atoms with Gasteiger partial charge in [0, 0.05) is 6.42 Å². The number of rotatable bonds is 56. The fraction of sp³-hybridized carbons (Fsp3) is 0.957. The van der Waals surface area contributed by atoms with Gasteiger partial charge < -0.3 is 89.9 Å². The fourth-order valence-electron chi connectivity index (χ4n) is 12.5. The van der Waals surface area contributed by atoms with Gasteiger partial charge in [0.2, 0.25) is 5.91 Å². The number of allylic oxidation sites excluding steroid dienone is 2. The van der Waals surface area contributed by atoms with Crippen molar-refractivity contribution in [3.8, 4) is 0 Å². The van der Waals surface area contributed by atoms with E-state index in [9.17, 15) is 61.0 Å². The number of aliphatic hydroxyl groups excluding tert-OH is 11. The Balaban J connectivity index is 1.43. The molecule has 3 heterocycles. The fourth-order valence-corrected chi connectivity index (χ4v) is 12.5. The van der Waals surface area contributed by atoms with Gasteiger partial charge in [-0.05, 0) is 38.5 Å². The van der Waals surface area contributed by atoms with Gasteiger partial charge in [-0.25, -0.2) is 0 Å². The molecule has 0 bridgehead atoms. The first-order valence-electron chi connectivity index (χ1n) is 35.9. The van der Waals surface area contributed by atoms with Gasteiger partial charge in [0.15, 0.2) is 18.9 Å². The Morgan fingerprint density at radius 2 is 0.716 bits per heavy atom. The molecular weight excluding hydrogens is 1130 g/mol. The Hall–Kier alpha value is -1.47. The summed E-state index contributed by atoms with van der Waals surface area (Å²) in [6.07, 6.45) is 30.0. The monoisotopic (exact) mass is 1260 g/mol. The SMILES string of the molecule is CCCCCCCCCC/C=C\CCCCCCCCCCCC(=O)NC(COC1OC(CO)C(OC2OC(CO)C(OC3OC(CO)C(O)C(O)C3O)C(O)C2O)C(O)C1O)C(O)CCCCCCCCCCCCCCCCCCCCCCCC. The maximum atomic E-state index is 13.4. The highest BCUT2D eigenvalue weighted by atomic mass is 16.8. The lowest BCUT2D eigenvalue weighted by atomic mass is 9.96. The summed E-state index contributed by atoms with van der Waals surface area (Å²) < 4.78 is 34.4. The maximum absolute atomic E-state index is 13.4. The van der Waals surface area contributed by atoms with E-state index in [0.29, 0.717) is 12.8 Å². The number of hydrogen-bond acceptors (Lipinski definition) is 18. The zero-order chi connectivity index (χ0) is 64.0. The molecule has 19 heteroatoms. The topological polar surface area (TPSA) is 307 Å². The molecule has 1 amide bonds. The molecule has 3 saturated heterocycles. The molecular formula is C69H131NO18. The first kappa shape index (κ1) is 80.8. The number of hydrogen-bond donors (Lipinski definition) is 12. The third-order valence-corrected chi connectivity index (χ3v) is 18.3. The van der Waals surface area contributed by atoms with Gasteiger partial charge in [0.05, 0.1) is 38.6 Å². The summed E-state index contributed by atoms with van der Waals surface area (Å²) in [5.41, 5.74) is 0. The van der Waals surface area contributed by atoms with Crippen molar-refractivity contribution in [2.45, 2.75) is 394 Å². The second-order valence-electron chi connectivity index (χ2n) is 26.1. The first-order valence-corrected chi connectivity index (χ1v) is 35.9. The number of carbonyl (C=O) groups is 1. The number of amides is 1. The standard InChI is InChI=1S/C69H131NO18/c1-3-5-7-9-11-13-15-17-19-21-23-25-27-28-30-32-34-36-38-40-42-44-46-53(74)52(70-57(75)47-45-43-41-39-37-35-33-31-29-26-24-22-20-18-16-14-12-10-8-6-4-2)51-83-67-63(81)60(78)65(55(49-72)85-67)88-69-64(82)61(79)66(56(50-73)86-69)87-68-62(80)59(77)58(76)54(48-71)84-68/h22,24,52-56,58-69,71-74,76-82H,3-21,23,25-51H2,1-2H3,(H,70,75)/b24-22-. The third-order valence-electron chi connectivity index (χ3n) is 18.3. The number of carbonyl (C=O) groups excluding carboxylic acids is 1. The minimum atomic E-state index is -1.97. The van der Waals surface area contributed by atoms with Crippen LogP contribution in [0.25, 0.3) is 0 Å². The van der Waals surface area contributed by atoms with Crippen LogP contribution in [0, 0.1) is 0 Å². The van der Waals surface area contributed by atoms with Crippen LogP contribution in [0.1, 0.15) is 290 Å². The number of nitrogens with one attached hydrogen (secondary N) is 1. The van der Waals surface area contributed by atoms with E-state index in [2.05, 4.69) is 31.3 Å². The summed E-state index contributed by atoms with van der Waals surface area (Å²) in [6.45, 7) is 1.84. The lowest BCUT2D eigenvalue weighted by Crippen LogP contribution is -2.66. The van der Waals surface area contributed by atoms with Crippen molar-refractivity contribution in [3.63, 3.8) is 0 Å². The van der Waals surface area contributed by atoms with Gasteiger partial charge in [-0.2, -0.15) is 0 Å². The molecule has 12 N–H and O–H groups in total. The van der Waals surface area contributed by atoms with Crippen LogP contribution >= 0.6 is 0 Å². The van der Waals surface area contributed by atoms with Crippen molar-refractivity contribution >= 4 is 5.91 Å². The molecule has 0 aromatic rings. The normalized spacial score (nSPS) is 28.4. The summed E-state index contributed by atoms with van der Waals surface area (Å²) in [6, 6.07) is -0.886. The predicted octanol–water partition coefficient (Wildman–Crippen LogP) is 9.67. The summed E-state index contributed by atoms with van der Waals surface area (Å²) in [5, 5.41) is 121. The molecule has 0 radical (unpaired) electrons. The highest BCUT2D eigenvalue weighted by Gasteiger charge is 2.53. The van der Waals surface area contributed by atoms with Gasteiger partial charge in [-0.1, -0.05) is 257 Å². The molecule has 0 aromatic carbocycles. The molecule has 520 valence electrons. The Morgan fingerprint density at radius 3 is 1.10 bits per heavy atom. The van der Waals surface area contributed by atoms with Gasteiger partial charge >= 0.3 is 0 Å². The molecule has 3 rings (SSSR count). The molecule has 17 unspecified atom stereocenters. The zero-order valence-electron chi connectivity index (χ0n) is 55.0. The largest absolute Gasteiger partial charge is 0.394 e. The lowest BCUT2D eigenvalue weighted by Gasteiger charge is -2.48. The van der Waals surface area contributed by atoms with Crippen LogP contribution < -0.4 is 5.32 Å². The smallest absolute Gasteiger partial charge is 0.220 e. The number of ether oxygens (including phenoxy) is 6. The quantitative estimate of drug-likeness (QED) is 0.0199. The Bertz CT molecular complexity index is 1650. The highest BCUT2D eigenvalue weighted by Crippen LogP contribution is 2.33. The van der Waals surface area contributed by atoms with Crippen LogP contribution in [-0.2, 0) is 33.2 Å². The maximum Gasteiger partial charge on any atom is 0.220 e. The average molecular weight is 1260 g/mol. The van der Waals surface area contributed by atoms with E-state index in [1.165, 1.54) is 205 Å². The number of aliphatic hydroxyl groups is 11. The van der Waals surface area contributed by atoms with E-state index < -0.39 is 124 Å². The van der Waals surface area contributed by atoms with Crippen molar-refractivity contribution in [3.05, 3.63) is 12.2 Å². The van der Waals surface area contributed by atoms with Crippen LogP contribution in [0.2, 0.25) is 0 Å². The van der Waals surface area contributed by atoms with E-state index in [1.54, 1.807) is 0 Å². The van der Waals surface area contributed by atoms with E-state index in [-0.39, 0.29) is 18.9 Å². The molecule has 3 aliphatic rings. The van der Waals surface area contributed by atoms with Crippen LogP contribution in [0.3, 0.4) is 0 Å². The van der Waals surface area contributed by atoms with Crippen molar-refractivity contribution < 1.29 is 89.4 Å². The van der Waals surface area contributed by atoms with E-state index in [1.807, 2.05) is 0 Å². The van der Waals surface area contributed by atoms with Crippen LogP contribution in [0.15, 0.2) is 12.2 Å². The van der Waals surface area contributed by atoms with Crippen molar-refractivity contribution in [2.24, 2.45) is 0 Å². The molecule has 19 nitrogen and oxygen atoms in total.